The van der Waals surface area contributed by atoms with E-state index in [2.05, 4.69) is 6.92 Å². The third-order valence-electron chi connectivity index (χ3n) is 6.07. The first kappa shape index (κ1) is 20.9. The number of thioether (sulfide) groups is 1. The summed E-state index contributed by atoms with van der Waals surface area (Å²) in [4.78, 5) is 35.4. The molecule has 0 bridgehead atoms. The zero-order valence-corrected chi connectivity index (χ0v) is 19.2. The fourth-order valence-electron chi connectivity index (χ4n) is 4.43. The number of hydrogen-bond donors (Lipinski definition) is 0. The lowest BCUT2D eigenvalue weighted by molar-refractivity contribution is -0.129. The fraction of sp³-hybridized carbons (Fsp3) is 0.682. The second-order valence-corrected chi connectivity index (χ2v) is 10.6. The molecular formula is C22H31N3O2S2. The molecular weight excluding hydrogens is 402 g/mol. The van der Waals surface area contributed by atoms with Gasteiger partial charge in [-0.3, -0.25) is 14.2 Å². The molecule has 158 valence electrons. The van der Waals surface area contributed by atoms with E-state index in [-0.39, 0.29) is 16.7 Å². The lowest BCUT2D eigenvalue weighted by Gasteiger charge is -2.21. The number of carbonyl (C=O) groups is 1. The number of aryl methyl sites for hydroxylation is 2. The first-order chi connectivity index (χ1) is 14.1. The largest absolute Gasteiger partial charge is 0.342 e. The van der Waals surface area contributed by atoms with Crippen LogP contribution < -0.4 is 5.56 Å². The Morgan fingerprint density at radius 3 is 2.69 bits per heavy atom. The number of nitrogens with zero attached hydrogens (tertiary/aromatic N) is 3. The van der Waals surface area contributed by atoms with Gasteiger partial charge in [0.2, 0.25) is 5.91 Å². The monoisotopic (exact) mass is 433 g/mol. The number of rotatable bonds is 7. The Morgan fingerprint density at radius 2 is 1.93 bits per heavy atom. The van der Waals surface area contributed by atoms with Gasteiger partial charge in [0.15, 0.2) is 5.16 Å². The zero-order valence-electron chi connectivity index (χ0n) is 17.5. The van der Waals surface area contributed by atoms with Crippen LogP contribution >= 0.6 is 23.1 Å². The van der Waals surface area contributed by atoms with E-state index in [4.69, 9.17) is 4.98 Å². The average Bonchev–Trinajstić information content (AvgIpc) is 3.37. The van der Waals surface area contributed by atoms with Gasteiger partial charge in [-0.05, 0) is 57.4 Å². The van der Waals surface area contributed by atoms with Crippen molar-refractivity contribution < 1.29 is 4.79 Å². The quantitative estimate of drug-likeness (QED) is 0.363. The minimum atomic E-state index is -0.218. The second kappa shape index (κ2) is 9.21. The molecule has 2 aromatic heterocycles. The first-order valence-corrected chi connectivity index (χ1v) is 12.8. The van der Waals surface area contributed by atoms with Crippen LogP contribution in [0.5, 0.6) is 0 Å². The second-order valence-electron chi connectivity index (χ2n) is 8.24. The smallest absolute Gasteiger partial charge is 0.263 e. The van der Waals surface area contributed by atoms with E-state index in [9.17, 15) is 9.59 Å². The molecule has 1 aliphatic heterocycles. The standard InChI is InChI=1S/C22H31N3O2S2/c1-3-4-7-14-25-21(27)18-16-10-5-6-11-17(16)29-19(18)23-22(25)28-15(2)20(26)24-12-8-9-13-24/h15H,3-14H2,1-2H3. The predicted molar refractivity (Wildman–Crippen MR) is 121 cm³/mol. The van der Waals surface area contributed by atoms with Crippen molar-refractivity contribution >= 4 is 39.2 Å². The van der Waals surface area contributed by atoms with Gasteiger partial charge in [0.25, 0.3) is 5.56 Å². The number of aromatic nitrogens is 2. The summed E-state index contributed by atoms with van der Waals surface area (Å²) in [5, 5.41) is 1.35. The molecule has 1 fully saturated rings. The van der Waals surface area contributed by atoms with Crippen LogP contribution in [0.25, 0.3) is 10.2 Å². The summed E-state index contributed by atoms with van der Waals surface area (Å²) in [6, 6.07) is 0. The van der Waals surface area contributed by atoms with Crippen molar-refractivity contribution in [2.24, 2.45) is 0 Å². The molecule has 1 aliphatic carbocycles. The number of fused-ring (bicyclic) bond motifs is 3. The van der Waals surface area contributed by atoms with Gasteiger partial charge in [0.1, 0.15) is 4.83 Å². The van der Waals surface area contributed by atoms with Crippen molar-refractivity contribution in [2.45, 2.75) is 88.6 Å². The molecule has 2 aliphatic rings. The van der Waals surface area contributed by atoms with Crippen LogP contribution in [0.3, 0.4) is 0 Å². The van der Waals surface area contributed by atoms with Gasteiger partial charge in [-0.1, -0.05) is 31.5 Å². The highest BCUT2D eigenvalue weighted by Crippen LogP contribution is 2.35. The zero-order chi connectivity index (χ0) is 20.4. The van der Waals surface area contributed by atoms with Gasteiger partial charge < -0.3 is 4.90 Å². The Morgan fingerprint density at radius 1 is 1.17 bits per heavy atom. The van der Waals surface area contributed by atoms with Crippen LogP contribution in [0.2, 0.25) is 0 Å². The molecule has 0 N–H and O–H groups in total. The molecule has 7 heteroatoms. The van der Waals surface area contributed by atoms with Crippen LogP contribution in [-0.2, 0) is 24.2 Å². The summed E-state index contributed by atoms with van der Waals surface area (Å²) in [5.41, 5.74) is 1.35. The van der Waals surface area contributed by atoms with Crippen molar-refractivity contribution in [1.82, 2.24) is 14.5 Å². The van der Waals surface area contributed by atoms with E-state index in [1.165, 1.54) is 28.6 Å². The molecule has 5 nitrogen and oxygen atoms in total. The van der Waals surface area contributed by atoms with Crippen LogP contribution in [-0.4, -0.2) is 38.7 Å². The number of amides is 1. The SMILES string of the molecule is CCCCCn1c(SC(C)C(=O)N2CCCC2)nc2sc3c(c2c1=O)CCCC3. The molecule has 0 aromatic carbocycles. The highest BCUT2D eigenvalue weighted by Gasteiger charge is 2.27. The topological polar surface area (TPSA) is 55.2 Å². The molecule has 29 heavy (non-hydrogen) atoms. The summed E-state index contributed by atoms with van der Waals surface area (Å²) < 4.78 is 1.86. The highest BCUT2D eigenvalue weighted by molar-refractivity contribution is 8.00. The van der Waals surface area contributed by atoms with Crippen LogP contribution in [0.15, 0.2) is 9.95 Å². The minimum absolute atomic E-state index is 0.105. The van der Waals surface area contributed by atoms with E-state index < -0.39 is 0 Å². The molecule has 1 unspecified atom stereocenters. The number of hydrogen-bond acceptors (Lipinski definition) is 5. The van der Waals surface area contributed by atoms with Gasteiger partial charge in [-0.25, -0.2) is 4.98 Å². The van der Waals surface area contributed by atoms with Crippen molar-refractivity contribution in [3.63, 3.8) is 0 Å². The van der Waals surface area contributed by atoms with Crippen molar-refractivity contribution in [1.29, 1.82) is 0 Å². The Kier molecular flexibility index (Phi) is 6.64. The number of likely N-dealkylation sites (tertiary alicyclic amines) is 1. The van der Waals surface area contributed by atoms with Gasteiger partial charge >= 0.3 is 0 Å². The number of carbonyl (C=O) groups excluding carboxylic acids is 1. The van der Waals surface area contributed by atoms with Crippen molar-refractivity contribution in [3.05, 3.63) is 20.8 Å². The molecule has 3 heterocycles. The van der Waals surface area contributed by atoms with Crippen LogP contribution in [0, 0.1) is 0 Å². The van der Waals surface area contributed by atoms with E-state index in [1.54, 1.807) is 11.3 Å². The number of thiophene rings is 1. The van der Waals surface area contributed by atoms with Crippen LogP contribution in [0.1, 0.15) is 69.2 Å². The maximum Gasteiger partial charge on any atom is 0.263 e. The summed E-state index contributed by atoms with van der Waals surface area (Å²) in [6.45, 7) is 6.53. The Labute approximate surface area is 180 Å². The lowest BCUT2D eigenvalue weighted by atomic mass is 9.97. The van der Waals surface area contributed by atoms with E-state index in [0.29, 0.717) is 6.54 Å². The molecule has 1 saturated heterocycles. The maximum absolute atomic E-state index is 13.5. The predicted octanol–water partition coefficient (Wildman–Crippen LogP) is 4.63. The molecule has 1 amide bonds. The third kappa shape index (κ3) is 4.26. The molecule has 0 spiro atoms. The fourth-order valence-corrected chi connectivity index (χ4v) is 6.75. The van der Waals surface area contributed by atoms with E-state index in [1.807, 2.05) is 16.4 Å². The summed E-state index contributed by atoms with van der Waals surface area (Å²) in [5.74, 6) is 0.174. The van der Waals surface area contributed by atoms with E-state index >= 15 is 0 Å². The van der Waals surface area contributed by atoms with Gasteiger partial charge in [0, 0.05) is 24.5 Å². The normalized spacial score (nSPS) is 17.7. The van der Waals surface area contributed by atoms with Gasteiger partial charge in [0.05, 0.1) is 10.6 Å². The maximum atomic E-state index is 13.5. The van der Waals surface area contributed by atoms with Crippen molar-refractivity contribution in [2.75, 3.05) is 13.1 Å². The average molecular weight is 434 g/mol. The summed E-state index contributed by atoms with van der Waals surface area (Å²) in [6.07, 6.45) is 9.79. The van der Waals surface area contributed by atoms with Crippen molar-refractivity contribution in [3.8, 4) is 0 Å². The Balaban J connectivity index is 1.69. The third-order valence-corrected chi connectivity index (χ3v) is 8.34. The first-order valence-electron chi connectivity index (χ1n) is 11.1. The molecule has 2 aromatic rings. The number of unbranched alkanes of at least 4 members (excludes halogenated alkanes) is 2. The van der Waals surface area contributed by atoms with Gasteiger partial charge in [-0.2, -0.15) is 0 Å². The summed E-state index contributed by atoms with van der Waals surface area (Å²) >= 11 is 3.16. The molecule has 0 saturated carbocycles. The highest BCUT2D eigenvalue weighted by atomic mass is 32.2. The summed E-state index contributed by atoms with van der Waals surface area (Å²) in [7, 11) is 0. The Bertz CT molecular complexity index is 944. The van der Waals surface area contributed by atoms with Gasteiger partial charge in [-0.15, -0.1) is 11.3 Å². The molecule has 4 rings (SSSR count). The molecule has 0 radical (unpaired) electrons. The molecule has 1 atom stereocenters. The minimum Gasteiger partial charge on any atom is -0.342 e. The Hall–Kier alpha value is -1.34. The van der Waals surface area contributed by atoms with Crippen LogP contribution in [0.4, 0.5) is 0 Å². The van der Waals surface area contributed by atoms with E-state index in [0.717, 1.165) is 79.8 Å². The lowest BCUT2D eigenvalue weighted by Crippen LogP contribution is -2.34.